The number of hydrogen-bond donors (Lipinski definition) is 2. The maximum Gasteiger partial charge on any atom is 0.273 e. The van der Waals surface area contributed by atoms with Crippen molar-refractivity contribution < 1.29 is 0 Å². The van der Waals surface area contributed by atoms with E-state index in [2.05, 4.69) is 10.2 Å². The van der Waals surface area contributed by atoms with Gasteiger partial charge in [0.1, 0.15) is 0 Å². The molecular weight excluding hydrogens is 256 g/mol. The average Bonchev–Trinajstić information content (AvgIpc) is 2.99. The predicted octanol–water partition coefficient (Wildman–Crippen LogP) is 1.28. The summed E-state index contributed by atoms with van der Waals surface area (Å²) in [5.41, 5.74) is 1.02. The van der Waals surface area contributed by atoms with Crippen LogP contribution in [0, 0.1) is 0 Å². The average molecular weight is 266 g/mol. The van der Waals surface area contributed by atoms with Crippen molar-refractivity contribution in [2.75, 3.05) is 0 Å². The molecule has 0 saturated heterocycles. The van der Waals surface area contributed by atoms with Crippen molar-refractivity contribution in [1.82, 2.24) is 19.8 Å². The quantitative estimate of drug-likeness (QED) is 0.544. The number of nitrogens with zero attached hydrogens (tertiary/aromatic N) is 2. The van der Waals surface area contributed by atoms with Gasteiger partial charge < -0.3 is 0 Å². The zero-order chi connectivity index (χ0) is 13.7. The minimum absolute atomic E-state index is 0.195. The zero-order valence-corrected chi connectivity index (χ0v) is 10.3. The lowest BCUT2D eigenvalue weighted by molar-refractivity contribution is 0.536. The first-order valence-corrected chi connectivity index (χ1v) is 6.16. The van der Waals surface area contributed by atoms with Gasteiger partial charge in [-0.05, 0) is 24.3 Å². The largest absolute Gasteiger partial charge is 0.273 e. The fourth-order valence-corrected chi connectivity index (χ4v) is 2.45. The minimum atomic E-state index is -0.195. The highest BCUT2D eigenvalue weighted by molar-refractivity contribution is 5.81. The summed E-state index contributed by atoms with van der Waals surface area (Å²) in [4.78, 5) is 27.0. The van der Waals surface area contributed by atoms with Crippen LogP contribution in [0.3, 0.4) is 0 Å². The molecule has 0 spiro atoms. The van der Waals surface area contributed by atoms with Gasteiger partial charge in [-0.2, -0.15) is 9.58 Å². The molecule has 2 heterocycles. The number of fused-ring (bicyclic) bond motifs is 2. The molecule has 0 saturated carbocycles. The number of H-pyrrole nitrogens is 2. The van der Waals surface area contributed by atoms with Crippen LogP contribution < -0.4 is 11.1 Å². The Bertz CT molecular complexity index is 962. The third-order valence-electron chi connectivity index (χ3n) is 3.37. The molecule has 2 N–H and O–H groups in total. The van der Waals surface area contributed by atoms with Crippen LogP contribution in [0.1, 0.15) is 0 Å². The molecule has 20 heavy (non-hydrogen) atoms. The molecule has 0 aliphatic heterocycles. The smallest absolute Gasteiger partial charge is 0.267 e. The summed E-state index contributed by atoms with van der Waals surface area (Å²) in [5.74, 6) is 0. The van der Waals surface area contributed by atoms with Gasteiger partial charge in [-0.15, -0.1) is 0 Å². The molecule has 6 heteroatoms. The van der Waals surface area contributed by atoms with Crippen LogP contribution >= 0.6 is 0 Å². The number of hydrogen-bond acceptors (Lipinski definition) is 2. The lowest BCUT2D eigenvalue weighted by atomic mass is 10.2. The van der Waals surface area contributed by atoms with Gasteiger partial charge in [-0.25, -0.2) is 10.2 Å². The van der Waals surface area contributed by atoms with E-state index in [-0.39, 0.29) is 11.1 Å². The van der Waals surface area contributed by atoms with E-state index in [1.54, 1.807) is 33.8 Å². The summed E-state index contributed by atoms with van der Waals surface area (Å²) in [5, 5.41) is 6.61. The molecular formula is C14H10N4O2. The maximum absolute atomic E-state index is 11.9. The normalized spacial score (nSPS) is 11.4. The second kappa shape index (κ2) is 3.74. The van der Waals surface area contributed by atoms with Gasteiger partial charge in [-0.1, -0.05) is 24.3 Å². The molecule has 0 aliphatic carbocycles. The summed E-state index contributed by atoms with van der Waals surface area (Å²) < 4.78 is 0. The van der Waals surface area contributed by atoms with Crippen molar-refractivity contribution >= 4 is 21.8 Å². The molecule has 0 amide bonds. The second-order valence-corrected chi connectivity index (χ2v) is 4.54. The minimum Gasteiger partial charge on any atom is -0.267 e. The molecule has 98 valence electrons. The van der Waals surface area contributed by atoms with E-state index < -0.39 is 0 Å². The summed E-state index contributed by atoms with van der Waals surface area (Å²) >= 11 is 0. The molecule has 6 nitrogen and oxygen atoms in total. The van der Waals surface area contributed by atoms with Gasteiger partial charge in [0, 0.05) is 0 Å². The van der Waals surface area contributed by atoms with Crippen LogP contribution in [0.25, 0.3) is 21.8 Å². The van der Waals surface area contributed by atoms with Gasteiger partial charge in [-0.3, -0.25) is 9.59 Å². The van der Waals surface area contributed by atoms with Crippen molar-refractivity contribution in [3.8, 4) is 0 Å². The zero-order valence-electron chi connectivity index (χ0n) is 10.3. The Kier molecular flexibility index (Phi) is 2.03. The first-order valence-electron chi connectivity index (χ1n) is 6.16. The van der Waals surface area contributed by atoms with Crippen molar-refractivity contribution in [2.45, 2.75) is 0 Å². The Morgan fingerprint density at radius 3 is 1.50 bits per heavy atom. The Labute approximate surface area is 111 Å². The van der Waals surface area contributed by atoms with Gasteiger partial charge in [0.25, 0.3) is 11.1 Å². The summed E-state index contributed by atoms with van der Waals surface area (Å²) in [7, 11) is 0. The molecule has 0 radical (unpaired) electrons. The Hall–Kier alpha value is -3.02. The van der Waals surface area contributed by atoms with E-state index >= 15 is 0 Å². The molecule has 4 aromatic rings. The van der Waals surface area contributed by atoms with E-state index in [1.807, 2.05) is 24.3 Å². The predicted molar refractivity (Wildman–Crippen MR) is 75.9 cm³/mol. The van der Waals surface area contributed by atoms with E-state index in [0.29, 0.717) is 21.8 Å². The van der Waals surface area contributed by atoms with Gasteiger partial charge >= 0.3 is 0 Å². The van der Waals surface area contributed by atoms with Crippen molar-refractivity contribution in [2.24, 2.45) is 0 Å². The van der Waals surface area contributed by atoms with Crippen LogP contribution in [0.2, 0.25) is 0 Å². The lowest BCUT2D eigenvalue weighted by Gasteiger charge is -2.06. The Morgan fingerprint density at radius 2 is 1.05 bits per heavy atom. The lowest BCUT2D eigenvalue weighted by Crippen LogP contribution is -2.17. The standard InChI is InChI=1S/C14H10N4O2/c19-13-9-5-1-3-7-11(9)17(15-13)18-12-8-4-2-6-10(12)14(20)16-18/h1-8H,(H,15,19)(H,16,20). The SMILES string of the molecule is O=c1[nH]n(-n2[nH]c(=O)c3ccccc32)c2ccccc12. The van der Waals surface area contributed by atoms with Gasteiger partial charge in [0.2, 0.25) is 0 Å². The molecule has 0 unspecified atom stereocenters. The Balaban J connectivity index is 2.18. The fraction of sp³-hybridized carbons (Fsp3) is 0. The van der Waals surface area contributed by atoms with E-state index in [4.69, 9.17) is 0 Å². The maximum atomic E-state index is 11.9. The third kappa shape index (κ3) is 1.33. The van der Waals surface area contributed by atoms with E-state index in [1.165, 1.54) is 0 Å². The molecule has 0 fully saturated rings. The van der Waals surface area contributed by atoms with E-state index in [9.17, 15) is 9.59 Å². The van der Waals surface area contributed by atoms with E-state index in [0.717, 1.165) is 0 Å². The van der Waals surface area contributed by atoms with Crippen molar-refractivity contribution in [1.29, 1.82) is 0 Å². The molecule has 0 aliphatic rings. The number of aromatic amines is 2. The van der Waals surface area contributed by atoms with Crippen molar-refractivity contribution in [3.05, 3.63) is 69.2 Å². The molecule has 0 atom stereocenters. The second-order valence-electron chi connectivity index (χ2n) is 4.54. The van der Waals surface area contributed by atoms with Gasteiger partial charge in [0.05, 0.1) is 21.8 Å². The first kappa shape index (κ1) is 10.9. The Morgan fingerprint density at radius 1 is 0.650 bits per heavy atom. The van der Waals surface area contributed by atoms with Crippen LogP contribution in [0.15, 0.2) is 58.1 Å². The highest BCUT2D eigenvalue weighted by atomic mass is 16.1. The van der Waals surface area contributed by atoms with Crippen LogP contribution in [-0.2, 0) is 0 Å². The van der Waals surface area contributed by atoms with Crippen LogP contribution in [-0.4, -0.2) is 19.8 Å². The van der Waals surface area contributed by atoms with Crippen LogP contribution in [0.5, 0.6) is 0 Å². The molecule has 2 aromatic carbocycles. The monoisotopic (exact) mass is 266 g/mol. The van der Waals surface area contributed by atoms with Crippen molar-refractivity contribution in [3.63, 3.8) is 0 Å². The summed E-state index contributed by atoms with van der Waals surface area (Å²) in [6.45, 7) is 0. The number of para-hydroxylation sites is 2. The highest BCUT2D eigenvalue weighted by Gasteiger charge is 2.11. The number of aromatic nitrogens is 4. The van der Waals surface area contributed by atoms with Crippen LogP contribution in [0.4, 0.5) is 0 Å². The third-order valence-corrected chi connectivity index (χ3v) is 3.37. The molecule has 4 rings (SSSR count). The highest BCUT2D eigenvalue weighted by Crippen LogP contribution is 2.13. The summed E-state index contributed by atoms with van der Waals surface area (Å²) in [6, 6.07) is 14.4. The number of benzene rings is 2. The first-order chi connectivity index (χ1) is 9.75. The topological polar surface area (TPSA) is 75.6 Å². The summed E-state index contributed by atoms with van der Waals surface area (Å²) in [6.07, 6.45) is 0. The molecule has 0 bridgehead atoms. The fourth-order valence-electron chi connectivity index (χ4n) is 2.45. The number of nitrogens with one attached hydrogen (secondary N) is 2. The van der Waals surface area contributed by atoms with Gasteiger partial charge in [0.15, 0.2) is 0 Å². The number of rotatable bonds is 1. The molecule has 2 aromatic heterocycles.